The van der Waals surface area contributed by atoms with Crippen LogP contribution in [0.4, 0.5) is 10.1 Å². The number of amides is 1. The molecular formula is C20H17ClFN5O3S2. The lowest BCUT2D eigenvalue weighted by Crippen LogP contribution is -2.35. The van der Waals surface area contributed by atoms with Gasteiger partial charge >= 0.3 is 10.2 Å². The number of benzene rings is 1. The van der Waals surface area contributed by atoms with Gasteiger partial charge in [-0.15, -0.1) is 15.7 Å². The van der Waals surface area contributed by atoms with E-state index in [-0.39, 0.29) is 22.1 Å². The van der Waals surface area contributed by atoms with Gasteiger partial charge < -0.3 is 5.32 Å². The van der Waals surface area contributed by atoms with Gasteiger partial charge in [0.1, 0.15) is 11.5 Å². The highest BCUT2D eigenvalue weighted by atomic mass is 35.5. The number of allylic oxidation sites excluding steroid dienone is 1. The lowest BCUT2D eigenvalue weighted by Gasteiger charge is -2.23. The van der Waals surface area contributed by atoms with Gasteiger partial charge in [-0.25, -0.2) is 8.70 Å². The number of hydrogen-bond acceptors (Lipinski definition) is 5. The number of hydrogen-bond donors (Lipinski definition) is 1. The molecule has 0 aliphatic carbocycles. The second-order valence-electron chi connectivity index (χ2n) is 6.82. The van der Waals surface area contributed by atoms with E-state index in [0.29, 0.717) is 4.88 Å². The second-order valence-corrected chi connectivity index (χ2v) is 9.76. The molecule has 0 saturated heterocycles. The highest BCUT2D eigenvalue weighted by molar-refractivity contribution is 7.88. The molecule has 0 atom stereocenters. The number of carbonyl (C=O) groups is 1. The van der Waals surface area contributed by atoms with Crippen molar-refractivity contribution in [3.05, 3.63) is 69.5 Å². The van der Waals surface area contributed by atoms with E-state index in [1.165, 1.54) is 36.6 Å². The molecule has 0 spiro atoms. The van der Waals surface area contributed by atoms with E-state index in [4.69, 9.17) is 11.6 Å². The Bertz CT molecular complexity index is 1380. The van der Waals surface area contributed by atoms with Gasteiger partial charge in [0.2, 0.25) is 0 Å². The summed E-state index contributed by atoms with van der Waals surface area (Å²) < 4.78 is 45.0. The number of aromatic nitrogens is 2. The molecule has 1 aromatic carbocycles. The van der Waals surface area contributed by atoms with E-state index in [1.807, 2.05) is 18.5 Å². The van der Waals surface area contributed by atoms with Crippen molar-refractivity contribution in [3.8, 4) is 11.1 Å². The molecule has 1 aliphatic heterocycles. The number of nitrogens with zero attached hydrogens (tertiary/aromatic N) is 4. The summed E-state index contributed by atoms with van der Waals surface area (Å²) in [6.07, 6.45) is 5.01. The van der Waals surface area contributed by atoms with Crippen LogP contribution >= 0.6 is 22.9 Å². The summed E-state index contributed by atoms with van der Waals surface area (Å²) in [6.45, 7) is 2.71. The normalized spacial score (nSPS) is 15.3. The maximum Gasteiger partial charge on any atom is 0.345 e. The minimum atomic E-state index is -4.12. The number of rotatable bonds is 5. The number of carbonyl (C=O) groups excluding carboxylic acids is 1. The van der Waals surface area contributed by atoms with Crippen molar-refractivity contribution in [2.75, 3.05) is 12.4 Å². The fourth-order valence-corrected chi connectivity index (χ4v) is 4.98. The number of likely N-dealkylation sites (N-methyl/N-ethyl adjacent to an activating group) is 1. The van der Waals surface area contributed by atoms with Crippen LogP contribution in [0, 0.1) is 5.82 Å². The van der Waals surface area contributed by atoms with Gasteiger partial charge in [0.15, 0.2) is 0 Å². The Labute approximate surface area is 192 Å². The van der Waals surface area contributed by atoms with E-state index in [0.717, 1.165) is 28.0 Å². The third-order valence-corrected chi connectivity index (χ3v) is 7.28. The summed E-state index contributed by atoms with van der Waals surface area (Å²) in [4.78, 5) is 13.4. The first-order valence-corrected chi connectivity index (χ1v) is 12.0. The van der Waals surface area contributed by atoms with E-state index in [9.17, 15) is 17.6 Å². The quantitative estimate of drug-likeness (QED) is 0.582. The Hall–Kier alpha value is -3.02. The maximum atomic E-state index is 13.4. The Morgan fingerprint density at radius 3 is 2.75 bits per heavy atom. The van der Waals surface area contributed by atoms with Crippen molar-refractivity contribution in [3.63, 3.8) is 0 Å². The summed E-state index contributed by atoms with van der Waals surface area (Å²) >= 11 is 7.06. The van der Waals surface area contributed by atoms with E-state index in [1.54, 1.807) is 16.9 Å². The minimum absolute atomic E-state index is 0.135. The fourth-order valence-electron chi connectivity index (χ4n) is 2.96. The first-order valence-electron chi connectivity index (χ1n) is 9.36. The Balaban J connectivity index is 1.65. The van der Waals surface area contributed by atoms with Gasteiger partial charge in [-0.2, -0.15) is 13.5 Å². The first-order chi connectivity index (χ1) is 15.2. The van der Waals surface area contributed by atoms with Crippen LogP contribution < -0.4 is 5.32 Å². The van der Waals surface area contributed by atoms with Gasteiger partial charge in [-0.1, -0.05) is 11.6 Å². The van der Waals surface area contributed by atoms with Gasteiger partial charge in [-0.3, -0.25) is 9.48 Å². The molecule has 0 unspecified atom stereocenters. The summed E-state index contributed by atoms with van der Waals surface area (Å²) in [7, 11) is -2.89. The second kappa shape index (κ2) is 8.49. The lowest BCUT2D eigenvalue weighted by molar-refractivity contribution is -0.113. The molecular weight excluding hydrogens is 477 g/mol. The van der Waals surface area contributed by atoms with Crippen LogP contribution in [0.1, 0.15) is 11.8 Å². The van der Waals surface area contributed by atoms with Gasteiger partial charge in [0.05, 0.1) is 21.8 Å². The summed E-state index contributed by atoms with van der Waals surface area (Å²) in [6, 6.07) is 5.47. The van der Waals surface area contributed by atoms with Crippen LogP contribution in [0.25, 0.3) is 11.1 Å². The van der Waals surface area contributed by atoms with Gasteiger partial charge in [0, 0.05) is 31.0 Å². The predicted molar refractivity (Wildman–Crippen MR) is 123 cm³/mol. The topological polar surface area (TPSA) is 96.7 Å². The molecule has 2 aromatic heterocycles. The Kier molecular flexibility index (Phi) is 5.89. The molecule has 1 N–H and O–H groups in total. The van der Waals surface area contributed by atoms with Crippen molar-refractivity contribution in [2.24, 2.45) is 4.40 Å². The number of nitrogens with one attached hydrogen (secondary N) is 1. The summed E-state index contributed by atoms with van der Waals surface area (Å²) in [5.74, 6) is -1.33. The molecule has 0 radical (unpaired) electrons. The van der Waals surface area contributed by atoms with Crippen LogP contribution in [-0.4, -0.2) is 41.2 Å². The number of anilines is 1. The van der Waals surface area contributed by atoms with Crippen molar-refractivity contribution >= 4 is 50.5 Å². The lowest BCUT2D eigenvalue weighted by atomic mass is 10.1. The number of halogens is 2. The van der Waals surface area contributed by atoms with Crippen LogP contribution in [-0.2, 0) is 21.5 Å². The maximum absolute atomic E-state index is 13.4. The van der Waals surface area contributed by atoms with Crippen LogP contribution in [0.3, 0.4) is 0 Å². The number of aryl methyl sites for hydroxylation is 1. The fraction of sp³-hybridized carbons (Fsp3) is 0.150. The van der Waals surface area contributed by atoms with Crippen LogP contribution in [0.2, 0.25) is 5.02 Å². The zero-order chi connectivity index (χ0) is 23.0. The van der Waals surface area contributed by atoms with Gasteiger partial charge in [-0.05, 0) is 48.2 Å². The van der Waals surface area contributed by atoms with Crippen LogP contribution in [0.15, 0.2) is 58.2 Å². The third-order valence-electron chi connectivity index (χ3n) is 4.73. The zero-order valence-electron chi connectivity index (χ0n) is 16.9. The largest absolute Gasteiger partial charge is 0.345 e. The molecule has 4 rings (SSSR count). The van der Waals surface area contributed by atoms with E-state index >= 15 is 0 Å². The summed E-state index contributed by atoms with van der Waals surface area (Å²) in [5, 5.41) is 8.48. The predicted octanol–water partition coefficient (Wildman–Crippen LogP) is 3.93. The van der Waals surface area contributed by atoms with Crippen molar-refractivity contribution in [2.45, 2.75) is 13.5 Å². The van der Waals surface area contributed by atoms with Crippen LogP contribution in [0.5, 0.6) is 0 Å². The molecule has 3 aromatic rings. The zero-order valence-corrected chi connectivity index (χ0v) is 19.3. The molecule has 32 heavy (non-hydrogen) atoms. The highest BCUT2D eigenvalue weighted by Crippen LogP contribution is 2.29. The molecule has 8 nitrogen and oxygen atoms in total. The third kappa shape index (κ3) is 4.31. The minimum Gasteiger partial charge on any atom is -0.321 e. The van der Waals surface area contributed by atoms with E-state index < -0.39 is 21.9 Å². The molecule has 3 heterocycles. The monoisotopic (exact) mass is 493 g/mol. The molecule has 1 amide bonds. The molecule has 0 bridgehead atoms. The van der Waals surface area contributed by atoms with Crippen molar-refractivity contribution in [1.29, 1.82) is 0 Å². The van der Waals surface area contributed by atoms with E-state index in [2.05, 4.69) is 14.8 Å². The van der Waals surface area contributed by atoms with Crippen molar-refractivity contribution < 1.29 is 17.6 Å². The SMILES string of the molecule is CCn1cc(-c2csc(C3=NS(=O)(=O)N(C)C(C(=O)Nc4ccc(F)c(Cl)c4)=C3)c2)cn1. The Morgan fingerprint density at radius 2 is 2.06 bits per heavy atom. The average molecular weight is 494 g/mol. The van der Waals surface area contributed by atoms with Crippen molar-refractivity contribution in [1.82, 2.24) is 14.1 Å². The smallest absolute Gasteiger partial charge is 0.321 e. The molecule has 1 aliphatic rings. The molecule has 0 saturated carbocycles. The first kappa shape index (κ1) is 22.2. The van der Waals surface area contributed by atoms with Gasteiger partial charge in [0.25, 0.3) is 5.91 Å². The number of thiophene rings is 1. The molecule has 12 heteroatoms. The summed E-state index contributed by atoms with van der Waals surface area (Å²) in [5.41, 5.74) is 1.99. The molecule has 0 fully saturated rings. The highest BCUT2D eigenvalue weighted by Gasteiger charge is 2.30. The Morgan fingerprint density at radius 1 is 1.28 bits per heavy atom. The average Bonchev–Trinajstić information content (AvgIpc) is 3.42. The molecule has 166 valence electrons. The standard InChI is InChI=1S/C20H17ClFN5O3S2/c1-3-27-10-13(9-23-27)12-6-19(31-11-12)17-8-18(26(2)32(29,30)25-17)20(28)24-14-4-5-16(22)15(21)7-14/h4-11H,3H2,1-2H3,(H,24,28).